The van der Waals surface area contributed by atoms with Crippen LogP contribution in [0, 0.1) is 0 Å². The van der Waals surface area contributed by atoms with Crippen LogP contribution in [-0.4, -0.2) is 17.1 Å². The zero-order chi connectivity index (χ0) is 18.9. The van der Waals surface area contributed by atoms with Gasteiger partial charge in [0.05, 0.1) is 0 Å². The van der Waals surface area contributed by atoms with Crippen molar-refractivity contribution < 1.29 is 14.3 Å². The lowest BCUT2D eigenvalue weighted by Gasteiger charge is -2.16. The molecule has 0 spiro atoms. The number of carbonyl (C=O) groups excluding carboxylic acids is 2. The number of benzene rings is 3. The van der Waals surface area contributed by atoms with Crippen LogP contribution < -0.4 is 9.46 Å². The van der Waals surface area contributed by atoms with Gasteiger partial charge in [-0.25, -0.2) is 9.52 Å². The minimum Gasteiger partial charge on any atom is -0.425 e. The predicted molar refractivity (Wildman–Crippen MR) is 108 cm³/mol. The molecule has 0 amide bonds. The van der Waals surface area contributed by atoms with Gasteiger partial charge in [-0.05, 0) is 24.1 Å². The molecule has 136 valence electrons. The fourth-order valence-corrected chi connectivity index (χ4v) is 3.14. The Hall–Kier alpha value is -2.89. The molecule has 0 aliphatic rings. The monoisotopic (exact) mass is 377 g/mol. The standard InChI is InChI=1S/C22H19NO3S/c24-21(26-19-14-8-3-9-15-19)20(16-17-10-4-1-5-11-17)23-27-22(25)18-12-6-2-7-13-18/h1-15,20,23H,16H2/t20-/m0/s1. The number of para-hydroxylation sites is 1. The number of ether oxygens (including phenoxy) is 1. The van der Waals surface area contributed by atoms with Gasteiger partial charge >= 0.3 is 5.97 Å². The molecule has 0 unspecified atom stereocenters. The van der Waals surface area contributed by atoms with Crippen LogP contribution in [0.4, 0.5) is 0 Å². The molecule has 0 saturated carbocycles. The Morgan fingerprint density at radius 3 is 2.00 bits per heavy atom. The summed E-state index contributed by atoms with van der Waals surface area (Å²) in [5.41, 5.74) is 1.55. The zero-order valence-electron chi connectivity index (χ0n) is 14.6. The number of rotatable bonds is 7. The maximum absolute atomic E-state index is 12.7. The second-order valence-electron chi connectivity index (χ2n) is 5.85. The van der Waals surface area contributed by atoms with E-state index in [2.05, 4.69) is 4.72 Å². The molecule has 0 aromatic heterocycles. The van der Waals surface area contributed by atoms with Crippen molar-refractivity contribution in [1.29, 1.82) is 0 Å². The van der Waals surface area contributed by atoms with E-state index in [1.165, 1.54) is 0 Å². The quantitative estimate of drug-likeness (QED) is 0.378. The third kappa shape index (κ3) is 5.81. The van der Waals surface area contributed by atoms with Crippen LogP contribution >= 0.6 is 11.9 Å². The Balaban J connectivity index is 1.69. The van der Waals surface area contributed by atoms with E-state index in [0.29, 0.717) is 17.7 Å². The van der Waals surface area contributed by atoms with Crippen LogP contribution in [0.5, 0.6) is 5.75 Å². The molecule has 0 saturated heterocycles. The van der Waals surface area contributed by atoms with Crippen molar-refractivity contribution >= 4 is 23.0 Å². The van der Waals surface area contributed by atoms with Crippen molar-refractivity contribution in [2.75, 3.05) is 0 Å². The first-order valence-corrected chi connectivity index (χ1v) is 9.36. The lowest BCUT2D eigenvalue weighted by molar-refractivity contribution is -0.136. The van der Waals surface area contributed by atoms with Crippen molar-refractivity contribution in [3.05, 3.63) is 102 Å². The molecule has 4 nitrogen and oxygen atoms in total. The Kier molecular flexibility index (Phi) is 6.79. The van der Waals surface area contributed by atoms with Gasteiger partial charge in [0.2, 0.25) is 5.12 Å². The van der Waals surface area contributed by atoms with Crippen molar-refractivity contribution in [2.45, 2.75) is 12.5 Å². The van der Waals surface area contributed by atoms with E-state index in [1.54, 1.807) is 48.5 Å². The number of hydrogen-bond acceptors (Lipinski definition) is 5. The topological polar surface area (TPSA) is 55.4 Å². The van der Waals surface area contributed by atoms with Crippen molar-refractivity contribution in [1.82, 2.24) is 4.72 Å². The third-order valence-corrected chi connectivity index (χ3v) is 4.66. The highest BCUT2D eigenvalue weighted by Crippen LogP contribution is 2.15. The second-order valence-corrected chi connectivity index (χ2v) is 6.66. The SMILES string of the molecule is O=C(SN[C@@H](Cc1ccccc1)C(=O)Oc1ccccc1)c1ccccc1. The van der Waals surface area contributed by atoms with E-state index in [9.17, 15) is 9.59 Å². The van der Waals surface area contributed by atoms with Crippen molar-refractivity contribution in [3.63, 3.8) is 0 Å². The van der Waals surface area contributed by atoms with E-state index < -0.39 is 12.0 Å². The van der Waals surface area contributed by atoms with Crippen LogP contribution in [0.1, 0.15) is 15.9 Å². The maximum Gasteiger partial charge on any atom is 0.329 e. The van der Waals surface area contributed by atoms with Gasteiger partial charge in [-0.2, -0.15) is 0 Å². The number of nitrogens with one attached hydrogen (secondary N) is 1. The molecule has 0 bridgehead atoms. The molecule has 0 fully saturated rings. The lowest BCUT2D eigenvalue weighted by atomic mass is 10.1. The lowest BCUT2D eigenvalue weighted by Crippen LogP contribution is -2.38. The Morgan fingerprint density at radius 1 is 0.815 bits per heavy atom. The van der Waals surface area contributed by atoms with Crippen LogP contribution in [0.3, 0.4) is 0 Å². The fraction of sp³-hybridized carbons (Fsp3) is 0.0909. The molecular formula is C22H19NO3S. The first kappa shape index (κ1) is 18.9. The predicted octanol–water partition coefficient (Wildman–Crippen LogP) is 4.28. The Labute approximate surface area is 162 Å². The summed E-state index contributed by atoms with van der Waals surface area (Å²) < 4.78 is 8.44. The molecular weight excluding hydrogens is 358 g/mol. The van der Waals surface area contributed by atoms with E-state index >= 15 is 0 Å². The highest BCUT2D eigenvalue weighted by atomic mass is 32.2. The fourth-order valence-electron chi connectivity index (χ4n) is 2.46. The van der Waals surface area contributed by atoms with Crippen LogP contribution in [0.15, 0.2) is 91.0 Å². The summed E-state index contributed by atoms with van der Waals surface area (Å²) in [6.07, 6.45) is 0.418. The molecule has 1 atom stereocenters. The third-order valence-electron chi connectivity index (χ3n) is 3.83. The molecule has 0 radical (unpaired) electrons. The number of hydrogen-bond donors (Lipinski definition) is 1. The van der Waals surface area contributed by atoms with Gasteiger partial charge in [-0.1, -0.05) is 78.9 Å². The average molecular weight is 377 g/mol. The Morgan fingerprint density at radius 2 is 1.37 bits per heavy atom. The van der Waals surface area contributed by atoms with Crippen LogP contribution in [0.25, 0.3) is 0 Å². The molecule has 1 N–H and O–H groups in total. The zero-order valence-corrected chi connectivity index (χ0v) is 15.4. The minimum absolute atomic E-state index is 0.152. The van der Waals surface area contributed by atoms with Gasteiger partial charge in [0.25, 0.3) is 0 Å². The number of esters is 1. The first-order chi connectivity index (χ1) is 13.2. The molecule has 0 aliphatic heterocycles. The molecule has 0 heterocycles. The summed E-state index contributed by atoms with van der Waals surface area (Å²) in [5.74, 6) is 0.0418. The van der Waals surface area contributed by atoms with Gasteiger partial charge in [0, 0.05) is 17.5 Å². The van der Waals surface area contributed by atoms with E-state index in [4.69, 9.17) is 4.74 Å². The smallest absolute Gasteiger partial charge is 0.329 e. The van der Waals surface area contributed by atoms with Gasteiger partial charge in [0.1, 0.15) is 11.8 Å². The van der Waals surface area contributed by atoms with Crippen LogP contribution in [0.2, 0.25) is 0 Å². The minimum atomic E-state index is -0.662. The molecule has 0 aliphatic carbocycles. The summed E-state index contributed by atoms with van der Waals surface area (Å²) in [6.45, 7) is 0. The molecule has 3 aromatic rings. The molecule has 27 heavy (non-hydrogen) atoms. The summed E-state index contributed by atoms with van der Waals surface area (Å²) in [5, 5.41) is -0.152. The largest absolute Gasteiger partial charge is 0.425 e. The van der Waals surface area contributed by atoms with Crippen molar-refractivity contribution in [3.8, 4) is 5.75 Å². The van der Waals surface area contributed by atoms with Gasteiger partial charge in [-0.3, -0.25) is 4.79 Å². The Bertz CT molecular complexity index is 870. The van der Waals surface area contributed by atoms with E-state index in [-0.39, 0.29) is 5.12 Å². The normalized spacial score (nSPS) is 11.6. The first-order valence-electron chi connectivity index (χ1n) is 8.55. The second kappa shape index (κ2) is 9.71. The highest BCUT2D eigenvalue weighted by molar-refractivity contribution is 8.12. The van der Waals surface area contributed by atoms with Gasteiger partial charge in [0.15, 0.2) is 0 Å². The van der Waals surface area contributed by atoms with E-state index in [1.807, 2.05) is 42.5 Å². The molecule has 3 aromatic carbocycles. The van der Waals surface area contributed by atoms with Crippen molar-refractivity contribution in [2.24, 2.45) is 0 Å². The average Bonchev–Trinajstić information content (AvgIpc) is 2.73. The molecule has 3 rings (SSSR count). The molecule has 5 heteroatoms. The van der Waals surface area contributed by atoms with Gasteiger partial charge in [-0.15, -0.1) is 0 Å². The van der Waals surface area contributed by atoms with E-state index in [0.717, 1.165) is 17.5 Å². The summed E-state index contributed by atoms with van der Waals surface area (Å²) in [4.78, 5) is 25.0. The number of carbonyl (C=O) groups is 2. The summed E-state index contributed by atoms with van der Waals surface area (Å²) in [7, 11) is 0. The van der Waals surface area contributed by atoms with Gasteiger partial charge < -0.3 is 4.74 Å². The summed E-state index contributed by atoms with van der Waals surface area (Å²) in [6, 6.07) is 26.8. The maximum atomic E-state index is 12.7. The highest BCUT2D eigenvalue weighted by Gasteiger charge is 2.23. The summed E-state index contributed by atoms with van der Waals surface area (Å²) >= 11 is 0.906. The van der Waals surface area contributed by atoms with Crippen LogP contribution in [-0.2, 0) is 11.2 Å².